The Morgan fingerprint density at radius 1 is 1.43 bits per heavy atom. The maximum atomic E-state index is 14.0. The van der Waals surface area contributed by atoms with Gasteiger partial charge in [-0.3, -0.25) is 4.79 Å². The fraction of sp³-hybridized carbons (Fsp3) is 0.500. The van der Waals surface area contributed by atoms with Gasteiger partial charge in [-0.1, -0.05) is 13.8 Å². The number of benzene rings is 1. The predicted octanol–water partition coefficient (Wildman–Crippen LogP) is 1.73. The van der Waals surface area contributed by atoms with Crippen LogP contribution in [0.2, 0.25) is 0 Å². The first-order chi connectivity index (χ1) is 9.70. The second-order valence-corrected chi connectivity index (χ2v) is 7.33. The summed E-state index contributed by atoms with van der Waals surface area (Å²) >= 11 is 0. The van der Waals surface area contributed by atoms with Crippen LogP contribution in [0.5, 0.6) is 0 Å². The summed E-state index contributed by atoms with van der Waals surface area (Å²) in [5.41, 5.74) is -0.116. The number of amides is 1. The summed E-state index contributed by atoms with van der Waals surface area (Å²) in [6, 6.07) is 3.31. The van der Waals surface area contributed by atoms with Gasteiger partial charge in [0.05, 0.1) is 10.5 Å². The molecule has 1 aliphatic carbocycles. The quantitative estimate of drug-likeness (QED) is 0.899. The van der Waals surface area contributed by atoms with Crippen LogP contribution in [0.25, 0.3) is 0 Å². The van der Waals surface area contributed by atoms with Gasteiger partial charge in [0.25, 0.3) is 5.91 Å². The van der Waals surface area contributed by atoms with E-state index in [4.69, 9.17) is 5.14 Å². The van der Waals surface area contributed by atoms with Crippen LogP contribution < -0.4 is 5.14 Å². The molecule has 116 valence electrons. The van der Waals surface area contributed by atoms with Crippen LogP contribution in [0.15, 0.2) is 23.1 Å². The second kappa shape index (κ2) is 5.73. The van der Waals surface area contributed by atoms with Crippen molar-refractivity contribution in [3.8, 4) is 0 Å². The van der Waals surface area contributed by atoms with E-state index in [1.807, 2.05) is 13.8 Å². The molecule has 0 saturated heterocycles. The molecule has 1 fully saturated rings. The molecule has 0 bridgehead atoms. The molecule has 21 heavy (non-hydrogen) atoms. The Morgan fingerprint density at radius 3 is 2.48 bits per heavy atom. The number of nitrogens with zero attached hydrogens (tertiary/aromatic N) is 1. The molecule has 1 aromatic carbocycles. The lowest BCUT2D eigenvalue weighted by Crippen LogP contribution is -2.36. The standard InChI is InChI=1S/C14H19FN2O3S/c1-9(2)8-17(10-3-4-10)14(18)12-6-5-11(7-13(12)15)21(16,19)20/h5-7,9-10H,3-4,8H2,1-2H3,(H2,16,19,20). The van der Waals surface area contributed by atoms with E-state index in [9.17, 15) is 17.6 Å². The Labute approximate surface area is 124 Å². The van der Waals surface area contributed by atoms with E-state index in [-0.39, 0.29) is 22.4 Å². The van der Waals surface area contributed by atoms with Gasteiger partial charge in [-0.05, 0) is 37.0 Å². The van der Waals surface area contributed by atoms with Gasteiger partial charge in [0.2, 0.25) is 10.0 Å². The molecule has 5 nitrogen and oxygen atoms in total. The van der Waals surface area contributed by atoms with Gasteiger partial charge < -0.3 is 4.90 Å². The Balaban J connectivity index is 2.30. The number of hydrogen-bond acceptors (Lipinski definition) is 3. The van der Waals surface area contributed by atoms with Gasteiger partial charge in [0.1, 0.15) is 5.82 Å². The average Bonchev–Trinajstić information content (AvgIpc) is 3.18. The predicted molar refractivity (Wildman–Crippen MR) is 76.7 cm³/mol. The van der Waals surface area contributed by atoms with Crippen molar-refractivity contribution < 1.29 is 17.6 Å². The summed E-state index contributed by atoms with van der Waals surface area (Å²) in [6.45, 7) is 4.53. The summed E-state index contributed by atoms with van der Waals surface area (Å²) in [6.07, 6.45) is 1.85. The summed E-state index contributed by atoms with van der Waals surface area (Å²) in [5.74, 6) is -0.980. The topological polar surface area (TPSA) is 80.5 Å². The van der Waals surface area contributed by atoms with Crippen molar-refractivity contribution in [3.63, 3.8) is 0 Å². The first kappa shape index (κ1) is 15.9. The van der Waals surface area contributed by atoms with Gasteiger partial charge in [-0.15, -0.1) is 0 Å². The van der Waals surface area contributed by atoms with Gasteiger partial charge >= 0.3 is 0 Å². The van der Waals surface area contributed by atoms with E-state index in [2.05, 4.69) is 0 Å². The Kier molecular flexibility index (Phi) is 4.34. The highest BCUT2D eigenvalue weighted by Crippen LogP contribution is 2.29. The Bertz CT molecular complexity index is 654. The van der Waals surface area contributed by atoms with E-state index >= 15 is 0 Å². The van der Waals surface area contributed by atoms with Crippen molar-refractivity contribution in [2.45, 2.75) is 37.6 Å². The minimum Gasteiger partial charge on any atom is -0.335 e. The van der Waals surface area contributed by atoms with Crippen molar-refractivity contribution in [1.29, 1.82) is 0 Å². The molecule has 0 heterocycles. The summed E-state index contributed by atoms with van der Waals surface area (Å²) in [5, 5.41) is 4.95. The molecule has 0 atom stereocenters. The van der Waals surface area contributed by atoms with Crippen molar-refractivity contribution in [1.82, 2.24) is 4.90 Å². The first-order valence-electron chi connectivity index (χ1n) is 6.83. The fourth-order valence-electron chi connectivity index (χ4n) is 2.18. The summed E-state index contributed by atoms with van der Waals surface area (Å²) < 4.78 is 36.4. The number of primary sulfonamides is 1. The number of carbonyl (C=O) groups is 1. The molecule has 0 unspecified atom stereocenters. The minimum atomic E-state index is -3.98. The third kappa shape index (κ3) is 3.79. The monoisotopic (exact) mass is 314 g/mol. The smallest absolute Gasteiger partial charge is 0.257 e. The van der Waals surface area contributed by atoms with Gasteiger partial charge in [-0.2, -0.15) is 0 Å². The van der Waals surface area contributed by atoms with Gasteiger partial charge in [-0.25, -0.2) is 17.9 Å². The average molecular weight is 314 g/mol. The molecule has 1 amide bonds. The molecule has 0 spiro atoms. The molecule has 1 aromatic rings. The van der Waals surface area contributed by atoms with Crippen LogP contribution in [0, 0.1) is 11.7 Å². The largest absolute Gasteiger partial charge is 0.335 e. The minimum absolute atomic E-state index is 0.116. The van der Waals surface area contributed by atoms with E-state index in [1.54, 1.807) is 4.90 Å². The van der Waals surface area contributed by atoms with E-state index in [1.165, 1.54) is 6.07 Å². The maximum Gasteiger partial charge on any atom is 0.257 e. The van der Waals surface area contributed by atoms with Gasteiger partial charge in [0, 0.05) is 12.6 Å². The van der Waals surface area contributed by atoms with Crippen LogP contribution in [-0.2, 0) is 10.0 Å². The van der Waals surface area contributed by atoms with Crippen molar-refractivity contribution in [2.24, 2.45) is 11.1 Å². The lowest BCUT2D eigenvalue weighted by Gasteiger charge is -2.24. The molecule has 1 saturated carbocycles. The van der Waals surface area contributed by atoms with Crippen LogP contribution in [0.1, 0.15) is 37.0 Å². The molecule has 7 heteroatoms. The Morgan fingerprint density at radius 2 is 2.05 bits per heavy atom. The second-order valence-electron chi connectivity index (χ2n) is 5.77. The third-order valence-corrected chi connectivity index (χ3v) is 4.22. The third-order valence-electron chi connectivity index (χ3n) is 3.31. The zero-order chi connectivity index (χ0) is 15.8. The molecule has 0 aromatic heterocycles. The van der Waals surface area contributed by atoms with E-state index in [0.29, 0.717) is 6.54 Å². The first-order valence-corrected chi connectivity index (χ1v) is 8.38. The number of nitrogens with two attached hydrogens (primary N) is 1. The molecule has 0 aliphatic heterocycles. The van der Waals surface area contributed by atoms with Crippen LogP contribution in [0.3, 0.4) is 0 Å². The van der Waals surface area contributed by atoms with Crippen LogP contribution in [0.4, 0.5) is 4.39 Å². The van der Waals surface area contributed by atoms with Crippen molar-refractivity contribution in [2.75, 3.05) is 6.54 Å². The summed E-state index contributed by atoms with van der Waals surface area (Å²) in [7, 11) is -3.98. The lowest BCUT2D eigenvalue weighted by atomic mass is 10.1. The molecule has 2 rings (SSSR count). The normalized spacial score (nSPS) is 15.3. The zero-order valence-electron chi connectivity index (χ0n) is 12.0. The number of rotatable bonds is 5. The molecule has 0 radical (unpaired) electrons. The van der Waals surface area contributed by atoms with E-state index in [0.717, 1.165) is 25.0 Å². The molecule has 2 N–H and O–H groups in total. The number of halogens is 1. The van der Waals surface area contributed by atoms with Crippen molar-refractivity contribution >= 4 is 15.9 Å². The lowest BCUT2D eigenvalue weighted by molar-refractivity contribution is 0.0717. The van der Waals surface area contributed by atoms with Gasteiger partial charge in [0.15, 0.2) is 0 Å². The molecule has 1 aliphatic rings. The van der Waals surface area contributed by atoms with Crippen LogP contribution >= 0.6 is 0 Å². The maximum absolute atomic E-state index is 14.0. The number of carbonyl (C=O) groups excluding carboxylic acids is 1. The van der Waals surface area contributed by atoms with E-state index < -0.39 is 21.7 Å². The highest BCUT2D eigenvalue weighted by molar-refractivity contribution is 7.89. The fourth-order valence-corrected chi connectivity index (χ4v) is 2.70. The highest BCUT2D eigenvalue weighted by Gasteiger charge is 2.34. The number of hydrogen-bond donors (Lipinski definition) is 1. The van der Waals surface area contributed by atoms with Crippen LogP contribution in [-0.4, -0.2) is 31.8 Å². The highest BCUT2D eigenvalue weighted by atomic mass is 32.2. The zero-order valence-corrected chi connectivity index (χ0v) is 12.9. The SMILES string of the molecule is CC(C)CN(C(=O)c1ccc(S(N)(=O)=O)cc1F)C1CC1. The molecular formula is C14H19FN2O3S. The Hall–Kier alpha value is -1.47. The molecular weight excluding hydrogens is 295 g/mol. The summed E-state index contributed by atoms with van der Waals surface area (Å²) in [4.78, 5) is 13.8. The van der Waals surface area contributed by atoms with Crippen molar-refractivity contribution in [3.05, 3.63) is 29.6 Å². The number of sulfonamides is 1.